The van der Waals surface area contributed by atoms with Crippen molar-refractivity contribution in [1.29, 1.82) is 0 Å². The van der Waals surface area contributed by atoms with E-state index in [2.05, 4.69) is 15.5 Å². The van der Waals surface area contributed by atoms with Crippen LogP contribution in [0.2, 0.25) is 0 Å². The molecule has 0 radical (unpaired) electrons. The van der Waals surface area contributed by atoms with Gasteiger partial charge in [0.05, 0.1) is 17.9 Å². The number of benzene rings is 2. The predicted octanol–water partition coefficient (Wildman–Crippen LogP) is 5.44. The molecule has 2 aromatic carbocycles. The zero-order valence-corrected chi connectivity index (χ0v) is 16.5. The van der Waals surface area contributed by atoms with Crippen molar-refractivity contribution in [2.75, 3.05) is 5.32 Å². The molecule has 0 bridgehead atoms. The van der Waals surface area contributed by atoms with Gasteiger partial charge in [-0.3, -0.25) is 5.10 Å². The van der Waals surface area contributed by atoms with Crippen molar-refractivity contribution in [1.82, 2.24) is 10.2 Å². The first kappa shape index (κ1) is 18.3. The van der Waals surface area contributed by atoms with Crippen LogP contribution in [0.4, 0.5) is 15.9 Å². The molecule has 0 unspecified atom stereocenters. The summed E-state index contributed by atoms with van der Waals surface area (Å²) in [5.74, 6) is 1.89. The molecule has 0 fully saturated rings. The van der Waals surface area contributed by atoms with Crippen LogP contribution in [0.3, 0.4) is 0 Å². The Morgan fingerprint density at radius 2 is 1.75 bits per heavy atom. The van der Waals surface area contributed by atoms with Gasteiger partial charge >= 0.3 is 0 Å². The quantitative estimate of drug-likeness (QED) is 0.467. The van der Waals surface area contributed by atoms with Crippen LogP contribution >= 0.6 is 0 Å². The molecule has 1 aliphatic rings. The number of nitrogens with one attached hydrogen (secondary N) is 2. The zero-order chi connectivity index (χ0) is 19.8. The second-order valence-corrected chi connectivity index (χ2v) is 7.53. The summed E-state index contributed by atoms with van der Waals surface area (Å²) in [6.45, 7) is 7.99. The number of aromatic nitrogens is 2. The van der Waals surface area contributed by atoms with Gasteiger partial charge in [-0.25, -0.2) is 4.39 Å². The second-order valence-electron chi connectivity index (χ2n) is 7.53. The van der Waals surface area contributed by atoms with Crippen LogP contribution in [0.25, 0.3) is 11.3 Å². The summed E-state index contributed by atoms with van der Waals surface area (Å²) in [5, 5.41) is 10.7. The Morgan fingerprint density at radius 3 is 2.43 bits per heavy atom. The van der Waals surface area contributed by atoms with E-state index in [0.717, 1.165) is 40.3 Å². The van der Waals surface area contributed by atoms with E-state index in [1.54, 1.807) is 6.07 Å². The molecule has 0 saturated carbocycles. The maximum Gasteiger partial charge on any atom is 0.162 e. The van der Waals surface area contributed by atoms with Crippen molar-refractivity contribution in [3.8, 4) is 22.8 Å². The van der Waals surface area contributed by atoms with Crippen molar-refractivity contribution in [3.05, 3.63) is 53.3 Å². The summed E-state index contributed by atoms with van der Waals surface area (Å²) >= 11 is 0. The lowest BCUT2D eigenvalue weighted by molar-refractivity contribution is 0.199. The topological polar surface area (TPSA) is 59.2 Å². The molecule has 1 aromatic heterocycles. The Balaban J connectivity index is 1.69. The van der Waals surface area contributed by atoms with Crippen LogP contribution in [-0.2, 0) is 6.42 Å². The molecular formula is C22H24FN3O2. The summed E-state index contributed by atoms with van der Waals surface area (Å²) in [6.07, 6.45) is 0.814. The van der Waals surface area contributed by atoms with E-state index in [-0.39, 0.29) is 18.0 Å². The molecule has 0 spiro atoms. The van der Waals surface area contributed by atoms with E-state index in [1.807, 2.05) is 45.9 Å². The molecule has 1 heterocycles. The fourth-order valence-electron chi connectivity index (χ4n) is 3.43. The summed E-state index contributed by atoms with van der Waals surface area (Å²) in [7, 11) is 0. The molecule has 146 valence electrons. The Kier molecular flexibility index (Phi) is 4.71. The summed E-state index contributed by atoms with van der Waals surface area (Å²) < 4.78 is 25.4. The van der Waals surface area contributed by atoms with Crippen LogP contribution in [0.5, 0.6) is 11.5 Å². The van der Waals surface area contributed by atoms with Gasteiger partial charge in [0, 0.05) is 23.2 Å². The molecule has 28 heavy (non-hydrogen) atoms. The number of H-pyrrole nitrogens is 1. The average molecular weight is 381 g/mol. The number of ether oxygens (including phenoxy) is 2. The fourth-order valence-corrected chi connectivity index (χ4v) is 3.43. The minimum atomic E-state index is -0.286. The number of hydrogen-bond donors (Lipinski definition) is 2. The normalized spacial score (nSPS) is 12.2. The van der Waals surface area contributed by atoms with Gasteiger partial charge in [0.15, 0.2) is 17.3 Å². The van der Waals surface area contributed by atoms with Crippen LogP contribution in [0.1, 0.15) is 38.8 Å². The van der Waals surface area contributed by atoms with Gasteiger partial charge in [0.1, 0.15) is 5.82 Å². The average Bonchev–Trinajstić information content (AvgIpc) is 3.14. The zero-order valence-electron chi connectivity index (χ0n) is 16.5. The molecular weight excluding hydrogens is 357 g/mol. The molecule has 3 aromatic rings. The first-order chi connectivity index (χ1) is 13.4. The lowest BCUT2D eigenvalue weighted by atomic mass is 10.1. The van der Waals surface area contributed by atoms with E-state index in [4.69, 9.17) is 9.47 Å². The van der Waals surface area contributed by atoms with E-state index >= 15 is 0 Å². The van der Waals surface area contributed by atoms with Crippen LogP contribution < -0.4 is 14.8 Å². The summed E-state index contributed by atoms with van der Waals surface area (Å²) in [6, 6.07) is 10.4. The van der Waals surface area contributed by atoms with E-state index in [0.29, 0.717) is 11.5 Å². The van der Waals surface area contributed by atoms with Crippen molar-refractivity contribution >= 4 is 11.5 Å². The number of fused-ring (bicyclic) bond motifs is 3. The number of aromatic amines is 1. The first-order valence-corrected chi connectivity index (χ1v) is 9.51. The number of nitrogens with zero attached hydrogens (tertiary/aromatic N) is 1. The standard InChI is InChI=1S/C22H24FN3O2/c1-12(2)27-19-9-14-8-18-21(17(14)11-20(19)28-13(3)4)25-26-22(18)24-16-7-5-6-15(23)10-16/h5-7,9-13H,8H2,1-4H3,(H2,24,25,26). The third-order valence-electron chi connectivity index (χ3n) is 4.49. The third-order valence-corrected chi connectivity index (χ3v) is 4.49. The van der Waals surface area contributed by atoms with Gasteiger partial charge in [-0.1, -0.05) is 6.07 Å². The molecule has 1 aliphatic carbocycles. The van der Waals surface area contributed by atoms with E-state index in [1.165, 1.54) is 12.1 Å². The van der Waals surface area contributed by atoms with Gasteiger partial charge in [-0.05, 0) is 63.6 Å². The molecule has 0 atom stereocenters. The Labute approximate surface area is 163 Å². The second kappa shape index (κ2) is 7.19. The van der Waals surface area contributed by atoms with Gasteiger partial charge in [-0.15, -0.1) is 0 Å². The van der Waals surface area contributed by atoms with Crippen molar-refractivity contribution in [2.24, 2.45) is 0 Å². The maximum atomic E-state index is 13.5. The molecule has 4 rings (SSSR count). The molecule has 0 saturated heterocycles. The largest absolute Gasteiger partial charge is 0.487 e. The van der Waals surface area contributed by atoms with Crippen molar-refractivity contribution < 1.29 is 13.9 Å². The summed E-state index contributed by atoms with van der Waals surface area (Å²) in [4.78, 5) is 0. The predicted molar refractivity (Wildman–Crippen MR) is 108 cm³/mol. The van der Waals surface area contributed by atoms with Gasteiger partial charge in [0.2, 0.25) is 0 Å². The van der Waals surface area contributed by atoms with Crippen LogP contribution in [0, 0.1) is 5.82 Å². The number of anilines is 2. The highest BCUT2D eigenvalue weighted by Crippen LogP contribution is 2.45. The number of halogens is 1. The highest BCUT2D eigenvalue weighted by Gasteiger charge is 2.27. The molecule has 0 aliphatic heterocycles. The summed E-state index contributed by atoms with van der Waals surface area (Å²) in [5.41, 5.74) is 4.88. The Hall–Kier alpha value is -3.02. The number of rotatable bonds is 6. The van der Waals surface area contributed by atoms with Gasteiger partial charge in [-0.2, -0.15) is 5.10 Å². The SMILES string of the molecule is CC(C)Oc1cc2c(cc1OC(C)C)-c1[nH]nc(Nc3cccc(F)c3)c1C2. The Bertz CT molecular complexity index is 1010. The first-order valence-electron chi connectivity index (χ1n) is 9.51. The molecule has 0 amide bonds. The lowest BCUT2D eigenvalue weighted by Gasteiger charge is -2.18. The highest BCUT2D eigenvalue weighted by molar-refractivity contribution is 5.81. The van der Waals surface area contributed by atoms with Crippen molar-refractivity contribution in [2.45, 2.75) is 46.3 Å². The van der Waals surface area contributed by atoms with Crippen LogP contribution in [-0.4, -0.2) is 22.4 Å². The van der Waals surface area contributed by atoms with Crippen LogP contribution in [0.15, 0.2) is 36.4 Å². The monoisotopic (exact) mass is 381 g/mol. The fraction of sp³-hybridized carbons (Fsp3) is 0.318. The molecule has 5 nitrogen and oxygen atoms in total. The molecule has 6 heteroatoms. The maximum absolute atomic E-state index is 13.5. The number of hydrogen-bond acceptors (Lipinski definition) is 4. The Morgan fingerprint density at radius 1 is 1.04 bits per heavy atom. The molecule has 2 N–H and O–H groups in total. The van der Waals surface area contributed by atoms with E-state index in [9.17, 15) is 4.39 Å². The van der Waals surface area contributed by atoms with Gasteiger partial charge in [0.25, 0.3) is 0 Å². The van der Waals surface area contributed by atoms with Gasteiger partial charge < -0.3 is 14.8 Å². The lowest BCUT2D eigenvalue weighted by Crippen LogP contribution is -2.11. The third kappa shape index (κ3) is 3.54. The highest BCUT2D eigenvalue weighted by atomic mass is 19.1. The van der Waals surface area contributed by atoms with Crippen molar-refractivity contribution in [3.63, 3.8) is 0 Å². The van der Waals surface area contributed by atoms with E-state index < -0.39 is 0 Å². The minimum Gasteiger partial charge on any atom is -0.487 e. The smallest absolute Gasteiger partial charge is 0.162 e. The minimum absolute atomic E-state index is 0.0420.